The van der Waals surface area contributed by atoms with Gasteiger partial charge in [-0.2, -0.15) is 0 Å². The van der Waals surface area contributed by atoms with E-state index in [-0.39, 0.29) is 11.8 Å². The molecule has 1 aliphatic heterocycles. The highest BCUT2D eigenvalue weighted by molar-refractivity contribution is 7.99. The van der Waals surface area contributed by atoms with E-state index < -0.39 is 0 Å². The Morgan fingerprint density at radius 2 is 1.94 bits per heavy atom. The van der Waals surface area contributed by atoms with E-state index in [1.165, 1.54) is 17.3 Å². The fourth-order valence-corrected chi connectivity index (χ4v) is 5.24. The fraction of sp³-hybridized carbons (Fsp3) is 0.360. The lowest BCUT2D eigenvalue weighted by Gasteiger charge is -2.30. The SMILES string of the molecule is CCn1c(SCC(=O)N2CCC(c3nc4ccccc4o3)CC2)nnc1-c1cccc(C)c1. The molecule has 1 fully saturated rings. The van der Waals surface area contributed by atoms with Crippen LogP contribution in [-0.4, -0.2) is 49.4 Å². The summed E-state index contributed by atoms with van der Waals surface area (Å²) < 4.78 is 8.02. The molecule has 4 aromatic rings. The number of hydrogen-bond donors (Lipinski definition) is 0. The molecular formula is C25H27N5O2S. The van der Waals surface area contributed by atoms with E-state index in [0.717, 1.165) is 66.0 Å². The van der Waals surface area contributed by atoms with E-state index in [4.69, 9.17) is 4.42 Å². The number of fused-ring (bicyclic) bond motifs is 1. The highest BCUT2D eigenvalue weighted by Gasteiger charge is 2.27. The van der Waals surface area contributed by atoms with Crippen molar-refractivity contribution < 1.29 is 9.21 Å². The summed E-state index contributed by atoms with van der Waals surface area (Å²) in [6.45, 7) is 6.33. The monoisotopic (exact) mass is 461 g/mol. The van der Waals surface area contributed by atoms with E-state index in [1.54, 1.807) is 0 Å². The van der Waals surface area contributed by atoms with Crippen LogP contribution in [0.1, 0.15) is 37.1 Å². The van der Waals surface area contributed by atoms with Gasteiger partial charge in [0.15, 0.2) is 22.5 Å². The predicted octanol–water partition coefficient (Wildman–Crippen LogP) is 4.91. The average Bonchev–Trinajstić information content (AvgIpc) is 3.46. The smallest absolute Gasteiger partial charge is 0.233 e. The van der Waals surface area contributed by atoms with Gasteiger partial charge in [-0.1, -0.05) is 47.7 Å². The molecule has 0 N–H and O–H groups in total. The number of nitrogens with zero attached hydrogens (tertiary/aromatic N) is 5. The lowest BCUT2D eigenvalue weighted by Crippen LogP contribution is -2.39. The lowest BCUT2D eigenvalue weighted by molar-refractivity contribution is -0.129. The second-order valence-corrected chi connectivity index (χ2v) is 9.33. The van der Waals surface area contributed by atoms with Gasteiger partial charge in [-0.15, -0.1) is 10.2 Å². The molecule has 2 aromatic carbocycles. The number of likely N-dealkylation sites (tertiary alicyclic amines) is 1. The number of thioether (sulfide) groups is 1. The van der Waals surface area contributed by atoms with Gasteiger partial charge in [-0.3, -0.25) is 4.79 Å². The van der Waals surface area contributed by atoms with Gasteiger partial charge >= 0.3 is 0 Å². The van der Waals surface area contributed by atoms with Crippen LogP contribution in [0.25, 0.3) is 22.5 Å². The van der Waals surface area contributed by atoms with Crippen LogP contribution in [0.5, 0.6) is 0 Å². The molecule has 1 saturated heterocycles. The molecule has 2 aromatic heterocycles. The third-order valence-electron chi connectivity index (χ3n) is 6.14. The zero-order valence-corrected chi connectivity index (χ0v) is 19.7. The third kappa shape index (κ3) is 4.53. The van der Waals surface area contributed by atoms with Crippen molar-refractivity contribution in [1.29, 1.82) is 0 Å². The standard InChI is InChI=1S/C25H27N5O2S/c1-3-30-23(19-8-6-7-17(2)15-19)27-28-25(30)33-16-22(31)29-13-11-18(12-14-29)24-26-20-9-4-5-10-21(20)32-24/h4-10,15,18H,3,11-14,16H2,1-2H3. The Bertz CT molecular complexity index is 1240. The van der Waals surface area contributed by atoms with E-state index in [0.29, 0.717) is 5.75 Å². The summed E-state index contributed by atoms with van der Waals surface area (Å²) in [4.78, 5) is 19.5. The van der Waals surface area contributed by atoms with Crippen LogP contribution in [0.2, 0.25) is 0 Å². The molecule has 0 spiro atoms. The molecule has 1 aliphatic rings. The Balaban J connectivity index is 1.19. The number of carbonyl (C=O) groups is 1. The first kappa shape index (κ1) is 21.7. The average molecular weight is 462 g/mol. The Morgan fingerprint density at radius 1 is 1.12 bits per heavy atom. The molecule has 1 amide bonds. The molecule has 33 heavy (non-hydrogen) atoms. The molecule has 8 heteroatoms. The minimum Gasteiger partial charge on any atom is -0.440 e. The molecule has 0 radical (unpaired) electrons. The summed E-state index contributed by atoms with van der Waals surface area (Å²) >= 11 is 1.46. The molecule has 5 rings (SSSR count). The highest BCUT2D eigenvalue weighted by atomic mass is 32.2. The van der Waals surface area contributed by atoms with Crippen LogP contribution < -0.4 is 0 Å². The Hall–Kier alpha value is -3.13. The van der Waals surface area contributed by atoms with Crippen LogP contribution in [0, 0.1) is 6.92 Å². The topological polar surface area (TPSA) is 77.0 Å². The largest absolute Gasteiger partial charge is 0.440 e. The Morgan fingerprint density at radius 3 is 2.70 bits per heavy atom. The summed E-state index contributed by atoms with van der Waals surface area (Å²) in [7, 11) is 0. The van der Waals surface area contributed by atoms with Crippen LogP contribution in [0.3, 0.4) is 0 Å². The Labute approximate surface area is 197 Å². The van der Waals surface area contributed by atoms with Crippen LogP contribution in [-0.2, 0) is 11.3 Å². The zero-order valence-electron chi connectivity index (χ0n) is 18.9. The van der Waals surface area contributed by atoms with E-state index >= 15 is 0 Å². The molecule has 0 unspecified atom stereocenters. The van der Waals surface area contributed by atoms with E-state index in [1.807, 2.05) is 41.3 Å². The first-order chi connectivity index (χ1) is 16.1. The zero-order chi connectivity index (χ0) is 22.8. The molecule has 0 aliphatic carbocycles. The second-order valence-electron chi connectivity index (χ2n) is 8.38. The highest BCUT2D eigenvalue weighted by Crippen LogP contribution is 2.31. The number of carbonyl (C=O) groups excluding carboxylic acids is 1. The van der Waals surface area contributed by atoms with Crippen molar-refractivity contribution in [3.63, 3.8) is 0 Å². The van der Waals surface area contributed by atoms with Crippen molar-refractivity contribution in [3.05, 3.63) is 60.0 Å². The first-order valence-electron chi connectivity index (χ1n) is 11.4. The number of rotatable bonds is 6. The van der Waals surface area contributed by atoms with Crippen LogP contribution in [0.15, 0.2) is 58.1 Å². The second kappa shape index (κ2) is 9.39. The van der Waals surface area contributed by atoms with Gasteiger partial charge in [0.2, 0.25) is 5.91 Å². The minimum absolute atomic E-state index is 0.138. The van der Waals surface area contributed by atoms with Crippen molar-refractivity contribution in [2.45, 2.75) is 44.3 Å². The van der Waals surface area contributed by atoms with Crippen LogP contribution in [0.4, 0.5) is 0 Å². The van der Waals surface area contributed by atoms with Crippen molar-refractivity contribution in [2.75, 3.05) is 18.8 Å². The summed E-state index contributed by atoms with van der Waals surface area (Å²) in [5.74, 6) is 2.39. The van der Waals surface area contributed by atoms with Gasteiger partial charge in [0.25, 0.3) is 0 Å². The van der Waals surface area contributed by atoms with Crippen molar-refractivity contribution >= 4 is 28.8 Å². The predicted molar refractivity (Wildman–Crippen MR) is 129 cm³/mol. The van der Waals surface area contributed by atoms with Crippen molar-refractivity contribution in [3.8, 4) is 11.4 Å². The number of hydrogen-bond acceptors (Lipinski definition) is 6. The normalized spacial score (nSPS) is 14.8. The fourth-order valence-electron chi connectivity index (χ4n) is 4.34. The minimum atomic E-state index is 0.138. The van der Waals surface area contributed by atoms with Gasteiger partial charge in [-0.05, 0) is 44.9 Å². The maximum Gasteiger partial charge on any atom is 0.233 e. The number of aryl methyl sites for hydroxylation is 1. The van der Waals surface area contributed by atoms with Crippen molar-refractivity contribution in [2.24, 2.45) is 0 Å². The summed E-state index contributed by atoms with van der Waals surface area (Å²) in [5, 5.41) is 9.55. The van der Waals surface area contributed by atoms with Gasteiger partial charge in [0.05, 0.1) is 5.75 Å². The molecule has 170 valence electrons. The molecule has 0 bridgehead atoms. The number of para-hydroxylation sites is 2. The molecule has 7 nitrogen and oxygen atoms in total. The quantitative estimate of drug-likeness (QED) is 0.380. The number of piperidine rings is 1. The molecule has 3 heterocycles. The molecule has 0 saturated carbocycles. The van der Waals surface area contributed by atoms with Crippen molar-refractivity contribution in [1.82, 2.24) is 24.6 Å². The van der Waals surface area contributed by atoms with E-state index in [9.17, 15) is 4.79 Å². The van der Waals surface area contributed by atoms with Gasteiger partial charge in [-0.25, -0.2) is 4.98 Å². The van der Waals surface area contributed by atoms with Crippen LogP contribution >= 0.6 is 11.8 Å². The summed E-state index contributed by atoms with van der Waals surface area (Å²) in [5.41, 5.74) is 3.95. The van der Waals surface area contributed by atoms with Gasteiger partial charge in [0.1, 0.15) is 5.52 Å². The number of oxazole rings is 1. The maximum atomic E-state index is 12.9. The third-order valence-corrected chi connectivity index (χ3v) is 7.09. The summed E-state index contributed by atoms with van der Waals surface area (Å²) in [6, 6.07) is 16.1. The van der Waals surface area contributed by atoms with E-state index in [2.05, 4.69) is 45.7 Å². The molecular weight excluding hydrogens is 434 g/mol. The number of amides is 1. The molecule has 0 atom stereocenters. The first-order valence-corrected chi connectivity index (χ1v) is 12.4. The lowest BCUT2D eigenvalue weighted by atomic mass is 9.97. The number of benzene rings is 2. The summed E-state index contributed by atoms with van der Waals surface area (Å²) in [6.07, 6.45) is 1.73. The van der Waals surface area contributed by atoms with Gasteiger partial charge < -0.3 is 13.9 Å². The number of aromatic nitrogens is 4. The van der Waals surface area contributed by atoms with Gasteiger partial charge in [0, 0.05) is 31.1 Å². The Kier molecular flexibility index (Phi) is 6.17. The maximum absolute atomic E-state index is 12.9.